The standard InChI is InChI=1S/C10H12Br2/c1-2-3-4-5-6-7-8-9-10(11)12/h10H,4-7H2,1H3. The van der Waals surface area contributed by atoms with E-state index in [1.807, 2.05) is 6.92 Å². The zero-order chi connectivity index (χ0) is 9.23. The van der Waals surface area contributed by atoms with Crippen molar-refractivity contribution in [3.05, 3.63) is 0 Å². The number of unbranched alkanes of at least 4 members (excludes halogenated alkanes) is 3. The molecule has 0 aliphatic carbocycles. The van der Waals surface area contributed by atoms with Gasteiger partial charge in [0.1, 0.15) is 3.74 Å². The molecule has 0 rings (SSSR count). The van der Waals surface area contributed by atoms with E-state index < -0.39 is 0 Å². The van der Waals surface area contributed by atoms with E-state index >= 15 is 0 Å². The van der Waals surface area contributed by atoms with Crippen LogP contribution in [0.4, 0.5) is 0 Å². The van der Waals surface area contributed by atoms with Gasteiger partial charge in [-0.1, -0.05) is 37.8 Å². The smallest absolute Gasteiger partial charge is 0.107 e. The Morgan fingerprint density at radius 2 is 1.67 bits per heavy atom. The molecule has 0 spiro atoms. The molecule has 0 aliphatic rings. The molecule has 0 bridgehead atoms. The molecule has 0 aromatic rings. The van der Waals surface area contributed by atoms with E-state index in [1.54, 1.807) is 0 Å². The van der Waals surface area contributed by atoms with Crippen LogP contribution >= 0.6 is 31.9 Å². The summed E-state index contributed by atoms with van der Waals surface area (Å²) in [4.78, 5) is 0. The molecule has 66 valence electrons. The lowest BCUT2D eigenvalue weighted by Crippen LogP contribution is -1.76. The highest BCUT2D eigenvalue weighted by Gasteiger charge is 1.86. The Morgan fingerprint density at radius 1 is 1.08 bits per heavy atom. The van der Waals surface area contributed by atoms with Crippen molar-refractivity contribution < 1.29 is 0 Å². The molecule has 0 saturated carbocycles. The largest absolute Gasteiger partial charge is 0.130 e. The van der Waals surface area contributed by atoms with E-state index in [0.29, 0.717) is 0 Å². The molecule has 0 atom stereocenters. The molecule has 12 heavy (non-hydrogen) atoms. The van der Waals surface area contributed by atoms with Gasteiger partial charge in [0.25, 0.3) is 0 Å². The first-order valence-corrected chi connectivity index (χ1v) is 5.76. The van der Waals surface area contributed by atoms with Gasteiger partial charge in [-0.25, -0.2) is 0 Å². The first-order chi connectivity index (χ1) is 5.77. The Bertz CT molecular complexity index is 209. The quantitative estimate of drug-likeness (QED) is 0.423. The SMILES string of the molecule is CC#CCCCCC#CC(Br)Br. The first-order valence-electron chi connectivity index (χ1n) is 3.93. The molecular formula is C10H12Br2. The third-order valence-corrected chi connectivity index (χ3v) is 1.70. The molecule has 2 heteroatoms. The van der Waals surface area contributed by atoms with Crippen molar-refractivity contribution in [2.75, 3.05) is 0 Å². The van der Waals surface area contributed by atoms with Gasteiger partial charge in [-0.3, -0.25) is 0 Å². The van der Waals surface area contributed by atoms with E-state index in [9.17, 15) is 0 Å². The third kappa shape index (κ3) is 10.1. The summed E-state index contributed by atoms with van der Waals surface area (Å²) in [5, 5.41) is 0. The Morgan fingerprint density at radius 3 is 2.17 bits per heavy atom. The summed E-state index contributed by atoms with van der Waals surface area (Å²) >= 11 is 6.58. The summed E-state index contributed by atoms with van der Waals surface area (Å²) in [5.74, 6) is 12.0. The van der Waals surface area contributed by atoms with Crippen LogP contribution in [-0.2, 0) is 0 Å². The summed E-state index contributed by atoms with van der Waals surface area (Å²) in [6.45, 7) is 1.88. The average molecular weight is 292 g/mol. The molecule has 0 aliphatic heterocycles. The van der Waals surface area contributed by atoms with Crippen molar-refractivity contribution in [3.8, 4) is 23.7 Å². The van der Waals surface area contributed by atoms with E-state index in [4.69, 9.17) is 0 Å². The normalized spacial score (nSPS) is 8.33. The highest BCUT2D eigenvalue weighted by atomic mass is 79.9. The maximum atomic E-state index is 3.29. The average Bonchev–Trinajstić information content (AvgIpc) is 2.02. The Hall–Kier alpha value is 0.0800. The van der Waals surface area contributed by atoms with Gasteiger partial charge in [0, 0.05) is 12.8 Å². The highest BCUT2D eigenvalue weighted by Crippen LogP contribution is 2.05. The molecule has 0 N–H and O–H groups in total. The van der Waals surface area contributed by atoms with Gasteiger partial charge in [-0.2, -0.15) is 0 Å². The van der Waals surface area contributed by atoms with Crippen LogP contribution in [0.3, 0.4) is 0 Å². The van der Waals surface area contributed by atoms with Gasteiger partial charge >= 0.3 is 0 Å². The molecule has 0 amide bonds. The fourth-order valence-electron chi connectivity index (χ4n) is 0.701. The fraction of sp³-hybridized carbons (Fsp3) is 0.600. The number of hydrogen-bond acceptors (Lipinski definition) is 0. The zero-order valence-corrected chi connectivity index (χ0v) is 10.3. The van der Waals surface area contributed by atoms with E-state index in [1.165, 1.54) is 0 Å². The second kappa shape index (κ2) is 9.17. The number of alkyl halides is 2. The second-order valence-electron chi connectivity index (χ2n) is 2.26. The van der Waals surface area contributed by atoms with Gasteiger partial charge in [-0.15, -0.1) is 17.8 Å². The maximum Gasteiger partial charge on any atom is 0.130 e. The minimum atomic E-state index is 0.139. The van der Waals surface area contributed by atoms with Crippen LogP contribution in [0.15, 0.2) is 0 Å². The predicted molar refractivity (Wildman–Crippen MR) is 61.3 cm³/mol. The van der Waals surface area contributed by atoms with Crippen LogP contribution in [0.5, 0.6) is 0 Å². The summed E-state index contributed by atoms with van der Waals surface area (Å²) in [6, 6.07) is 0. The van der Waals surface area contributed by atoms with Crippen molar-refractivity contribution in [2.45, 2.75) is 36.3 Å². The Kier molecular flexibility index (Phi) is 9.23. The summed E-state index contributed by atoms with van der Waals surface area (Å²) < 4.78 is 0.139. The fourth-order valence-corrected chi connectivity index (χ4v) is 1.02. The van der Waals surface area contributed by atoms with Crippen molar-refractivity contribution in [1.29, 1.82) is 0 Å². The van der Waals surface area contributed by atoms with E-state index in [2.05, 4.69) is 55.5 Å². The topological polar surface area (TPSA) is 0 Å². The van der Waals surface area contributed by atoms with E-state index in [0.717, 1.165) is 25.7 Å². The van der Waals surface area contributed by atoms with Crippen molar-refractivity contribution >= 4 is 31.9 Å². The van der Waals surface area contributed by atoms with E-state index in [-0.39, 0.29) is 3.74 Å². The lowest BCUT2D eigenvalue weighted by atomic mass is 10.2. The molecule has 0 radical (unpaired) electrons. The number of halogens is 2. The van der Waals surface area contributed by atoms with Crippen LogP contribution in [0.1, 0.15) is 32.6 Å². The van der Waals surface area contributed by atoms with Crippen LogP contribution in [0.2, 0.25) is 0 Å². The maximum absolute atomic E-state index is 3.29. The van der Waals surface area contributed by atoms with Crippen LogP contribution < -0.4 is 0 Å². The molecule has 0 heterocycles. The lowest BCUT2D eigenvalue weighted by molar-refractivity contribution is 0.782. The van der Waals surface area contributed by atoms with Gasteiger partial charge in [0.15, 0.2) is 0 Å². The molecule has 0 fully saturated rings. The second-order valence-corrected chi connectivity index (χ2v) is 5.32. The Labute approximate surface area is 91.8 Å². The van der Waals surface area contributed by atoms with Crippen molar-refractivity contribution in [1.82, 2.24) is 0 Å². The monoisotopic (exact) mass is 290 g/mol. The van der Waals surface area contributed by atoms with Gasteiger partial charge < -0.3 is 0 Å². The van der Waals surface area contributed by atoms with Crippen molar-refractivity contribution in [3.63, 3.8) is 0 Å². The Balaban J connectivity index is 3.21. The van der Waals surface area contributed by atoms with Gasteiger partial charge in [0.05, 0.1) is 0 Å². The first kappa shape index (κ1) is 12.1. The van der Waals surface area contributed by atoms with Crippen molar-refractivity contribution in [2.24, 2.45) is 0 Å². The zero-order valence-electron chi connectivity index (χ0n) is 7.16. The summed E-state index contributed by atoms with van der Waals surface area (Å²) in [7, 11) is 0. The van der Waals surface area contributed by atoms with Gasteiger partial charge in [0.2, 0.25) is 0 Å². The number of rotatable bonds is 3. The minimum absolute atomic E-state index is 0.139. The van der Waals surface area contributed by atoms with Crippen LogP contribution in [0, 0.1) is 23.7 Å². The summed E-state index contributed by atoms with van der Waals surface area (Å²) in [5.41, 5.74) is 0. The molecule has 0 aromatic carbocycles. The molecule has 0 aromatic heterocycles. The predicted octanol–water partition coefficient (Wildman–Crippen LogP) is 3.69. The molecule has 0 saturated heterocycles. The lowest BCUT2D eigenvalue weighted by Gasteiger charge is -1.88. The molecular weight excluding hydrogens is 280 g/mol. The number of hydrogen-bond donors (Lipinski definition) is 0. The third-order valence-electron chi connectivity index (χ3n) is 1.24. The molecule has 0 nitrogen and oxygen atoms in total. The minimum Gasteiger partial charge on any atom is -0.107 e. The van der Waals surface area contributed by atoms with Crippen LogP contribution in [-0.4, -0.2) is 3.74 Å². The molecule has 0 unspecified atom stereocenters. The summed E-state index contributed by atoms with van der Waals surface area (Å²) in [6.07, 6.45) is 4.28. The van der Waals surface area contributed by atoms with Crippen LogP contribution in [0.25, 0.3) is 0 Å². The van der Waals surface area contributed by atoms with Gasteiger partial charge in [-0.05, 0) is 19.8 Å². The highest BCUT2D eigenvalue weighted by molar-refractivity contribution is 9.24.